The van der Waals surface area contributed by atoms with Crippen LogP contribution >= 0.6 is 0 Å². The van der Waals surface area contributed by atoms with Crippen molar-refractivity contribution >= 4 is 17.6 Å². The van der Waals surface area contributed by atoms with Gasteiger partial charge in [-0.2, -0.15) is 4.73 Å². The minimum atomic E-state index is -0.412. The van der Waals surface area contributed by atoms with Crippen molar-refractivity contribution in [1.82, 2.24) is 14.8 Å². The van der Waals surface area contributed by atoms with Crippen LogP contribution in [0.3, 0.4) is 0 Å². The van der Waals surface area contributed by atoms with Crippen molar-refractivity contribution in [3.63, 3.8) is 0 Å². The van der Waals surface area contributed by atoms with Gasteiger partial charge in [0.25, 0.3) is 5.91 Å². The number of amides is 2. The molecular formula is C24H24FN5O4. The zero-order valence-corrected chi connectivity index (χ0v) is 18.6. The highest BCUT2D eigenvalue weighted by Crippen LogP contribution is 2.22. The van der Waals surface area contributed by atoms with Crippen molar-refractivity contribution in [1.29, 1.82) is 0 Å². The second-order valence-electron chi connectivity index (χ2n) is 7.88. The smallest absolute Gasteiger partial charge is 0.254 e. The molecule has 2 aromatic heterocycles. The van der Waals surface area contributed by atoms with E-state index in [1.807, 2.05) is 11.8 Å². The largest absolute Gasteiger partial charge is 0.619 e. The number of hydrogen-bond acceptors (Lipinski definition) is 6. The van der Waals surface area contributed by atoms with Gasteiger partial charge in [-0.15, -0.1) is 0 Å². The zero-order chi connectivity index (χ0) is 24.1. The molecule has 4 rings (SSSR count). The Hall–Kier alpha value is -4.05. The molecule has 10 heteroatoms. The number of rotatable bonds is 6. The number of pyridine rings is 2. The van der Waals surface area contributed by atoms with Crippen molar-refractivity contribution < 1.29 is 23.4 Å². The van der Waals surface area contributed by atoms with Crippen LogP contribution in [0.1, 0.15) is 17.3 Å². The number of ether oxygens (including phenoxy) is 1. The maximum atomic E-state index is 13.0. The van der Waals surface area contributed by atoms with Crippen molar-refractivity contribution in [3.8, 4) is 11.5 Å². The predicted molar refractivity (Wildman–Crippen MR) is 122 cm³/mol. The molecular weight excluding hydrogens is 441 g/mol. The van der Waals surface area contributed by atoms with Gasteiger partial charge in [0.05, 0.1) is 17.8 Å². The third-order valence-electron chi connectivity index (χ3n) is 5.61. The predicted octanol–water partition coefficient (Wildman–Crippen LogP) is 2.43. The molecule has 0 spiro atoms. The average molecular weight is 465 g/mol. The number of carbonyl (C=O) groups is 2. The first-order valence-corrected chi connectivity index (χ1v) is 10.8. The summed E-state index contributed by atoms with van der Waals surface area (Å²) >= 11 is 0. The fraction of sp³-hybridized carbons (Fsp3) is 0.250. The molecule has 3 heterocycles. The maximum absolute atomic E-state index is 13.0. The summed E-state index contributed by atoms with van der Waals surface area (Å²) < 4.78 is 19.2. The van der Waals surface area contributed by atoms with Gasteiger partial charge in [0.2, 0.25) is 5.91 Å². The average Bonchev–Trinajstić information content (AvgIpc) is 2.86. The molecule has 1 N–H and O–H groups in total. The molecule has 1 saturated heterocycles. The third-order valence-corrected chi connectivity index (χ3v) is 5.61. The van der Waals surface area contributed by atoms with E-state index in [1.165, 1.54) is 55.0 Å². The van der Waals surface area contributed by atoms with Crippen LogP contribution in [0.15, 0.2) is 67.1 Å². The van der Waals surface area contributed by atoms with Gasteiger partial charge < -0.3 is 20.2 Å². The molecule has 0 aliphatic carbocycles. The van der Waals surface area contributed by atoms with Gasteiger partial charge in [0.15, 0.2) is 12.4 Å². The Kier molecular flexibility index (Phi) is 6.98. The van der Waals surface area contributed by atoms with Crippen LogP contribution in [-0.4, -0.2) is 58.8 Å². The molecule has 0 unspecified atom stereocenters. The van der Waals surface area contributed by atoms with Gasteiger partial charge >= 0.3 is 0 Å². The maximum Gasteiger partial charge on any atom is 0.254 e. The van der Waals surface area contributed by atoms with E-state index in [2.05, 4.69) is 10.3 Å². The third kappa shape index (κ3) is 5.65. The number of piperazine rings is 1. The highest BCUT2D eigenvalue weighted by molar-refractivity contribution is 5.94. The summed E-state index contributed by atoms with van der Waals surface area (Å²) in [4.78, 5) is 33.2. The Morgan fingerprint density at radius 3 is 2.29 bits per heavy atom. The van der Waals surface area contributed by atoms with Gasteiger partial charge in [0.1, 0.15) is 23.1 Å². The van der Waals surface area contributed by atoms with Gasteiger partial charge in [-0.25, -0.2) is 9.37 Å². The number of anilines is 1. The summed E-state index contributed by atoms with van der Waals surface area (Å²) in [6.45, 7) is 3.87. The molecule has 34 heavy (non-hydrogen) atoms. The van der Waals surface area contributed by atoms with E-state index in [0.717, 1.165) is 0 Å². The number of nitrogens with zero attached hydrogens (tertiary/aromatic N) is 4. The van der Waals surface area contributed by atoms with E-state index in [9.17, 15) is 19.2 Å². The van der Waals surface area contributed by atoms with E-state index >= 15 is 0 Å². The van der Waals surface area contributed by atoms with Crippen molar-refractivity contribution in [2.45, 2.75) is 13.0 Å². The molecule has 1 fully saturated rings. The standard InChI is InChI=1S/C24H24FN5O4/c1-17(28-12-14-29(15-13-28)24(32)18-8-10-30(33)11-9-18)23(31)27-22-7-6-21(16-26-22)34-20-4-2-19(25)3-5-20/h2-11,16-17H,12-15H2,1H3,(H,26,27,31)/t17-/m1/s1. The van der Waals surface area contributed by atoms with Crippen LogP contribution in [0, 0.1) is 11.0 Å². The Labute approximate surface area is 196 Å². The van der Waals surface area contributed by atoms with Crippen molar-refractivity contribution in [3.05, 3.63) is 83.7 Å². The van der Waals surface area contributed by atoms with Gasteiger partial charge in [-0.3, -0.25) is 14.5 Å². The molecule has 1 aliphatic rings. The minimum absolute atomic E-state index is 0.135. The number of halogens is 1. The number of carbonyl (C=O) groups excluding carboxylic acids is 2. The highest BCUT2D eigenvalue weighted by Gasteiger charge is 2.28. The highest BCUT2D eigenvalue weighted by atomic mass is 19.1. The van der Waals surface area contributed by atoms with E-state index in [4.69, 9.17) is 4.74 Å². The molecule has 1 aliphatic heterocycles. The Bertz CT molecular complexity index is 1130. The van der Waals surface area contributed by atoms with Crippen molar-refractivity contribution in [2.24, 2.45) is 0 Å². The molecule has 3 aromatic rings. The lowest BCUT2D eigenvalue weighted by Gasteiger charge is -2.37. The lowest BCUT2D eigenvalue weighted by atomic mass is 10.2. The quantitative estimate of drug-likeness (QED) is 0.443. The zero-order valence-electron chi connectivity index (χ0n) is 18.6. The summed E-state index contributed by atoms with van der Waals surface area (Å²) in [5, 5.41) is 14.0. The van der Waals surface area contributed by atoms with E-state index in [-0.39, 0.29) is 17.6 Å². The fourth-order valence-corrected chi connectivity index (χ4v) is 3.60. The topological polar surface area (TPSA) is 102 Å². The van der Waals surface area contributed by atoms with E-state index in [1.54, 1.807) is 17.0 Å². The summed E-state index contributed by atoms with van der Waals surface area (Å²) in [7, 11) is 0. The summed E-state index contributed by atoms with van der Waals surface area (Å²) in [5.41, 5.74) is 0.462. The van der Waals surface area contributed by atoms with Crippen LogP contribution < -0.4 is 14.8 Å². The summed E-state index contributed by atoms with van der Waals surface area (Å²) in [6.07, 6.45) is 4.07. The number of hydrogen-bond donors (Lipinski definition) is 1. The monoisotopic (exact) mass is 465 g/mol. The summed E-state index contributed by atoms with van der Waals surface area (Å²) in [5.74, 6) is 0.637. The lowest BCUT2D eigenvalue weighted by Crippen LogP contribution is -2.54. The Morgan fingerprint density at radius 1 is 1.03 bits per heavy atom. The van der Waals surface area contributed by atoms with Crippen LogP contribution in [0.4, 0.5) is 10.2 Å². The van der Waals surface area contributed by atoms with Crippen molar-refractivity contribution in [2.75, 3.05) is 31.5 Å². The molecule has 0 radical (unpaired) electrons. The molecule has 176 valence electrons. The molecule has 1 atom stereocenters. The molecule has 0 bridgehead atoms. The first kappa shape index (κ1) is 23.1. The summed E-state index contributed by atoms with van der Waals surface area (Å²) in [6, 6.07) is 11.5. The van der Waals surface area contributed by atoms with Crippen LogP contribution in [0.2, 0.25) is 0 Å². The number of benzene rings is 1. The molecule has 1 aromatic carbocycles. The Morgan fingerprint density at radius 2 is 1.68 bits per heavy atom. The van der Waals surface area contributed by atoms with Gasteiger partial charge in [0, 0.05) is 38.3 Å². The number of aromatic nitrogens is 2. The van der Waals surface area contributed by atoms with Gasteiger partial charge in [-0.1, -0.05) is 0 Å². The number of nitrogens with one attached hydrogen (secondary N) is 1. The first-order valence-electron chi connectivity index (χ1n) is 10.8. The first-order chi connectivity index (χ1) is 16.4. The molecule has 9 nitrogen and oxygen atoms in total. The normalized spacial score (nSPS) is 14.9. The second-order valence-corrected chi connectivity index (χ2v) is 7.88. The fourth-order valence-electron chi connectivity index (χ4n) is 3.60. The second kappa shape index (κ2) is 10.3. The SMILES string of the molecule is C[C@H](C(=O)Nc1ccc(Oc2ccc(F)cc2)cn1)N1CCN(C(=O)c2cc[n+]([O-])cc2)CC1. The van der Waals surface area contributed by atoms with Crippen LogP contribution in [-0.2, 0) is 4.79 Å². The van der Waals surface area contributed by atoms with Gasteiger partial charge in [-0.05, 0) is 43.3 Å². The molecule has 2 amide bonds. The Balaban J connectivity index is 1.27. The lowest BCUT2D eigenvalue weighted by molar-refractivity contribution is -0.605. The van der Waals surface area contributed by atoms with Crippen LogP contribution in [0.25, 0.3) is 0 Å². The minimum Gasteiger partial charge on any atom is -0.619 e. The van der Waals surface area contributed by atoms with E-state index in [0.29, 0.717) is 53.8 Å². The van der Waals surface area contributed by atoms with E-state index < -0.39 is 6.04 Å². The molecule has 0 saturated carbocycles. The van der Waals surface area contributed by atoms with Crippen LogP contribution in [0.5, 0.6) is 11.5 Å².